The van der Waals surface area contributed by atoms with E-state index in [4.69, 9.17) is 4.98 Å². The van der Waals surface area contributed by atoms with Crippen molar-refractivity contribution in [3.05, 3.63) is 83.6 Å². The molecule has 0 spiro atoms. The minimum atomic E-state index is -0.643. The van der Waals surface area contributed by atoms with E-state index in [2.05, 4.69) is 34.1 Å². The Morgan fingerprint density at radius 3 is 2.59 bits per heavy atom. The molecular formula is C24H20F2N6. The molecule has 4 aromatic rings. The summed E-state index contributed by atoms with van der Waals surface area (Å²) in [7, 11) is 0. The zero-order chi connectivity index (χ0) is 22.1. The van der Waals surface area contributed by atoms with Crippen molar-refractivity contribution in [1.82, 2.24) is 29.9 Å². The highest BCUT2D eigenvalue weighted by molar-refractivity contribution is 5.64. The summed E-state index contributed by atoms with van der Waals surface area (Å²) in [5.74, 6) is -0.607. The molecule has 1 aromatic carbocycles. The second-order valence-corrected chi connectivity index (χ2v) is 9.04. The molecule has 2 atom stereocenters. The van der Waals surface area contributed by atoms with Crippen LogP contribution in [0.25, 0.3) is 17.2 Å². The molecule has 32 heavy (non-hydrogen) atoms. The lowest BCUT2D eigenvalue weighted by Crippen LogP contribution is -2.38. The molecule has 0 saturated heterocycles. The van der Waals surface area contributed by atoms with E-state index < -0.39 is 17.0 Å². The lowest BCUT2D eigenvalue weighted by Gasteiger charge is -2.37. The van der Waals surface area contributed by atoms with Gasteiger partial charge in [-0.2, -0.15) is 10.2 Å². The zero-order valence-electron chi connectivity index (χ0n) is 17.6. The van der Waals surface area contributed by atoms with Crippen LogP contribution in [0.15, 0.2) is 55.0 Å². The van der Waals surface area contributed by atoms with Crippen molar-refractivity contribution in [2.45, 2.75) is 38.0 Å². The molecule has 6 nitrogen and oxygen atoms in total. The maximum atomic E-state index is 14.4. The van der Waals surface area contributed by atoms with Crippen LogP contribution in [0.4, 0.5) is 8.78 Å². The van der Waals surface area contributed by atoms with Gasteiger partial charge in [-0.3, -0.25) is 0 Å². The first-order chi connectivity index (χ1) is 15.4. The van der Waals surface area contributed by atoms with E-state index in [0.29, 0.717) is 5.95 Å². The second kappa shape index (κ2) is 6.48. The van der Waals surface area contributed by atoms with Gasteiger partial charge in [0, 0.05) is 18.6 Å². The molecule has 2 aliphatic rings. The summed E-state index contributed by atoms with van der Waals surface area (Å²) in [6.45, 7) is 4.43. The maximum Gasteiger partial charge on any atom is 0.250 e. The quantitative estimate of drug-likeness (QED) is 0.475. The number of hydrogen-bond donors (Lipinski definition) is 0. The first-order valence-corrected chi connectivity index (χ1v) is 10.6. The zero-order valence-corrected chi connectivity index (χ0v) is 17.6. The summed E-state index contributed by atoms with van der Waals surface area (Å²) < 4.78 is 30.5. The standard InChI is InChI=1S/C24H20F2N6/c1-23(2)15-7-9-24(23,19-8-11-27-22(29-19)32-12-4-10-28-32)21-14(15)13-18(30-31-21)20-16(25)5-3-6-17(20)26/h3-6,8,10-13,15H,7,9H2,1-2H3/t15-,24+/m0/s1. The summed E-state index contributed by atoms with van der Waals surface area (Å²) in [4.78, 5) is 9.25. The first kappa shape index (κ1) is 19.2. The molecule has 1 fully saturated rings. The normalized spacial score (nSPS) is 22.8. The molecule has 160 valence electrons. The maximum absolute atomic E-state index is 14.4. The van der Waals surface area contributed by atoms with Gasteiger partial charge in [-0.05, 0) is 60.1 Å². The van der Waals surface area contributed by atoms with Gasteiger partial charge in [0.15, 0.2) is 0 Å². The van der Waals surface area contributed by atoms with Crippen molar-refractivity contribution in [3.8, 4) is 17.2 Å². The summed E-state index contributed by atoms with van der Waals surface area (Å²) in [5, 5.41) is 13.1. The predicted octanol–water partition coefficient (Wildman–Crippen LogP) is 4.60. The van der Waals surface area contributed by atoms with Gasteiger partial charge in [0.2, 0.25) is 0 Å². The Morgan fingerprint density at radius 1 is 1.03 bits per heavy atom. The molecule has 0 radical (unpaired) electrons. The number of aromatic nitrogens is 6. The van der Waals surface area contributed by atoms with Crippen LogP contribution in [0.5, 0.6) is 0 Å². The van der Waals surface area contributed by atoms with Crippen LogP contribution in [-0.2, 0) is 5.41 Å². The third-order valence-electron chi connectivity index (χ3n) is 7.39. The van der Waals surface area contributed by atoms with E-state index in [1.807, 2.05) is 18.2 Å². The number of fused-ring (bicyclic) bond motifs is 5. The number of hydrogen-bond acceptors (Lipinski definition) is 5. The molecule has 0 unspecified atom stereocenters. The van der Waals surface area contributed by atoms with E-state index in [9.17, 15) is 8.78 Å². The average Bonchev–Trinajstić information content (AvgIpc) is 3.45. The molecule has 6 rings (SSSR count). The number of benzene rings is 1. The molecule has 3 heterocycles. The smallest absolute Gasteiger partial charge is 0.220 e. The van der Waals surface area contributed by atoms with E-state index in [1.165, 1.54) is 18.2 Å². The van der Waals surface area contributed by atoms with E-state index in [0.717, 1.165) is 29.8 Å². The summed E-state index contributed by atoms with van der Waals surface area (Å²) >= 11 is 0. The molecular weight excluding hydrogens is 410 g/mol. The molecule has 3 aromatic heterocycles. The van der Waals surface area contributed by atoms with Crippen LogP contribution >= 0.6 is 0 Å². The summed E-state index contributed by atoms with van der Waals surface area (Å²) in [5.41, 5.74) is 2.11. The number of rotatable bonds is 3. The van der Waals surface area contributed by atoms with Crippen LogP contribution in [0, 0.1) is 17.0 Å². The lowest BCUT2D eigenvalue weighted by atomic mass is 9.66. The Hall–Kier alpha value is -3.55. The van der Waals surface area contributed by atoms with E-state index in [-0.39, 0.29) is 22.6 Å². The Morgan fingerprint density at radius 2 is 1.84 bits per heavy atom. The highest BCUT2D eigenvalue weighted by Crippen LogP contribution is 2.69. The van der Waals surface area contributed by atoms with Crippen molar-refractivity contribution in [1.29, 1.82) is 0 Å². The molecule has 8 heteroatoms. The predicted molar refractivity (Wildman–Crippen MR) is 113 cm³/mol. The lowest BCUT2D eigenvalue weighted by molar-refractivity contribution is 0.242. The van der Waals surface area contributed by atoms with Crippen LogP contribution in [0.2, 0.25) is 0 Å². The minimum Gasteiger partial charge on any atom is -0.220 e. The van der Waals surface area contributed by atoms with Crippen LogP contribution in [0.1, 0.15) is 49.6 Å². The van der Waals surface area contributed by atoms with E-state index in [1.54, 1.807) is 23.3 Å². The van der Waals surface area contributed by atoms with Gasteiger partial charge >= 0.3 is 0 Å². The van der Waals surface area contributed by atoms with Crippen molar-refractivity contribution in [3.63, 3.8) is 0 Å². The van der Waals surface area contributed by atoms with Crippen molar-refractivity contribution >= 4 is 0 Å². The molecule has 1 saturated carbocycles. The van der Waals surface area contributed by atoms with Crippen LogP contribution in [0.3, 0.4) is 0 Å². The largest absolute Gasteiger partial charge is 0.250 e. The van der Waals surface area contributed by atoms with Crippen molar-refractivity contribution in [2.75, 3.05) is 0 Å². The third-order valence-corrected chi connectivity index (χ3v) is 7.39. The summed E-state index contributed by atoms with van der Waals surface area (Å²) in [6, 6.07) is 9.39. The minimum absolute atomic E-state index is 0.138. The molecule has 0 aliphatic heterocycles. The van der Waals surface area contributed by atoms with Gasteiger partial charge in [0.1, 0.15) is 11.6 Å². The second-order valence-electron chi connectivity index (χ2n) is 9.04. The van der Waals surface area contributed by atoms with Gasteiger partial charge in [-0.1, -0.05) is 19.9 Å². The van der Waals surface area contributed by atoms with Gasteiger partial charge < -0.3 is 0 Å². The summed E-state index contributed by atoms with van der Waals surface area (Å²) in [6.07, 6.45) is 7.04. The third kappa shape index (κ3) is 2.35. The fraction of sp³-hybridized carbons (Fsp3) is 0.292. The molecule has 0 amide bonds. The SMILES string of the molecule is CC1(C)[C@H]2CC[C@@]1(c1ccnc(-n3cccn3)n1)c1nnc(-c3c(F)cccc3F)cc12. The Balaban J connectivity index is 1.54. The van der Waals surface area contributed by atoms with Crippen LogP contribution in [-0.4, -0.2) is 29.9 Å². The van der Waals surface area contributed by atoms with E-state index >= 15 is 0 Å². The Bertz CT molecular complexity index is 1330. The Kier molecular flexibility index (Phi) is 3.88. The van der Waals surface area contributed by atoms with Gasteiger partial charge in [0.05, 0.1) is 28.1 Å². The number of nitrogens with zero attached hydrogens (tertiary/aromatic N) is 6. The fourth-order valence-corrected chi connectivity index (χ4v) is 5.84. The van der Waals surface area contributed by atoms with Crippen molar-refractivity contribution < 1.29 is 8.78 Å². The Labute approximate surface area is 183 Å². The average molecular weight is 430 g/mol. The topological polar surface area (TPSA) is 69.4 Å². The van der Waals surface area contributed by atoms with Crippen molar-refractivity contribution in [2.24, 2.45) is 5.41 Å². The molecule has 2 bridgehead atoms. The van der Waals surface area contributed by atoms with Crippen LogP contribution < -0.4 is 0 Å². The molecule has 0 N–H and O–H groups in total. The van der Waals surface area contributed by atoms with Gasteiger partial charge in [-0.25, -0.2) is 23.4 Å². The highest BCUT2D eigenvalue weighted by Gasteiger charge is 2.65. The van der Waals surface area contributed by atoms with Gasteiger partial charge in [0.25, 0.3) is 5.95 Å². The van der Waals surface area contributed by atoms with Gasteiger partial charge in [-0.15, -0.1) is 5.10 Å². The fourth-order valence-electron chi connectivity index (χ4n) is 5.84. The first-order valence-electron chi connectivity index (χ1n) is 10.6. The monoisotopic (exact) mass is 430 g/mol. The molecule has 2 aliphatic carbocycles. The highest BCUT2D eigenvalue weighted by atomic mass is 19.1. The number of halogens is 2.